The van der Waals surface area contributed by atoms with Crippen LogP contribution in [-0.2, 0) is 16.1 Å². The Hall–Kier alpha value is -2.80. The lowest BCUT2D eigenvalue weighted by atomic mass is 10.0. The molecule has 4 heteroatoms. The number of aromatic nitrogens is 1. The van der Waals surface area contributed by atoms with Gasteiger partial charge in [0.2, 0.25) is 5.78 Å². The van der Waals surface area contributed by atoms with Gasteiger partial charge in [-0.2, -0.15) is 0 Å². The summed E-state index contributed by atoms with van der Waals surface area (Å²) < 4.78 is 7.43. The SMILES string of the molecule is C#Cc1ccc(C(=O)c2c(C)cc3n2CCC3C(=O)OCCCCC)cc1. The van der Waals surface area contributed by atoms with Gasteiger partial charge in [-0.15, -0.1) is 6.42 Å². The van der Waals surface area contributed by atoms with Crippen molar-refractivity contribution in [3.05, 3.63) is 58.4 Å². The molecule has 1 aromatic carbocycles. The fourth-order valence-corrected chi connectivity index (χ4v) is 3.67. The second kappa shape index (κ2) is 8.26. The Morgan fingerprint density at radius 1 is 1.26 bits per heavy atom. The minimum atomic E-state index is -0.282. The molecule has 0 amide bonds. The third-order valence-electron chi connectivity index (χ3n) is 5.12. The van der Waals surface area contributed by atoms with Crippen molar-refractivity contribution in [3.8, 4) is 12.3 Å². The minimum absolute atomic E-state index is 0.0423. The van der Waals surface area contributed by atoms with Gasteiger partial charge in [0.25, 0.3) is 0 Å². The van der Waals surface area contributed by atoms with Crippen molar-refractivity contribution >= 4 is 11.8 Å². The first-order valence-electron chi connectivity index (χ1n) is 9.54. The molecule has 1 aliphatic rings. The Labute approximate surface area is 160 Å². The lowest BCUT2D eigenvalue weighted by Gasteiger charge is -2.09. The number of benzene rings is 1. The van der Waals surface area contributed by atoms with Crippen LogP contribution in [0.4, 0.5) is 0 Å². The number of nitrogens with zero attached hydrogens (tertiary/aromatic N) is 1. The van der Waals surface area contributed by atoms with Crippen molar-refractivity contribution in [1.29, 1.82) is 0 Å². The van der Waals surface area contributed by atoms with Gasteiger partial charge in [-0.05, 0) is 55.7 Å². The average molecular weight is 363 g/mol. The first kappa shape index (κ1) is 19.0. The molecular formula is C23H25NO3. The summed E-state index contributed by atoms with van der Waals surface area (Å²) in [4.78, 5) is 25.5. The molecule has 1 unspecified atom stereocenters. The van der Waals surface area contributed by atoms with E-state index in [9.17, 15) is 9.59 Å². The summed E-state index contributed by atoms with van der Waals surface area (Å²) in [6.45, 7) is 5.16. The molecule has 27 heavy (non-hydrogen) atoms. The molecule has 3 rings (SSSR count). The van der Waals surface area contributed by atoms with Gasteiger partial charge in [0.05, 0.1) is 18.2 Å². The molecule has 0 radical (unpaired) electrons. The summed E-state index contributed by atoms with van der Waals surface area (Å²) in [6.07, 6.45) is 9.11. The van der Waals surface area contributed by atoms with Crippen LogP contribution in [0, 0.1) is 19.3 Å². The van der Waals surface area contributed by atoms with Crippen LogP contribution in [0.25, 0.3) is 0 Å². The van der Waals surface area contributed by atoms with E-state index in [0.717, 1.165) is 36.1 Å². The zero-order chi connectivity index (χ0) is 19.4. The quantitative estimate of drug-likeness (QED) is 0.320. The average Bonchev–Trinajstić information content (AvgIpc) is 3.22. The van der Waals surface area contributed by atoms with Crippen LogP contribution in [0.2, 0.25) is 0 Å². The van der Waals surface area contributed by atoms with Crippen LogP contribution in [0.3, 0.4) is 0 Å². The van der Waals surface area contributed by atoms with Gasteiger partial charge < -0.3 is 9.30 Å². The van der Waals surface area contributed by atoms with Gasteiger partial charge in [-0.25, -0.2) is 0 Å². The number of carbonyl (C=O) groups is 2. The molecule has 140 valence electrons. The smallest absolute Gasteiger partial charge is 0.315 e. The summed E-state index contributed by atoms with van der Waals surface area (Å²) in [5, 5.41) is 0. The summed E-state index contributed by atoms with van der Waals surface area (Å²) in [5.74, 6) is 2.05. The number of ether oxygens (including phenoxy) is 1. The zero-order valence-electron chi connectivity index (χ0n) is 16.0. The van der Waals surface area contributed by atoms with E-state index >= 15 is 0 Å². The molecule has 1 atom stereocenters. The van der Waals surface area contributed by atoms with Gasteiger partial charge in [-0.1, -0.05) is 25.7 Å². The van der Waals surface area contributed by atoms with Gasteiger partial charge >= 0.3 is 5.97 Å². The Morgan fingerprint density at radius 2 is 2.00 bits per heavy atom. The van der Waals surface area contributed by atoms with E-state index in [-0.39, 0.29) is 17.7 Å². The van der Waals surface area contributed by atoms with Crippen LogP contribution < -0.4 is 0 Å². The summed E-state index contributed by atoms with van der Waals surface area (Å²) in [7, 11) is 0. The third kappa shape index (κ3) is 3.83. The van der Waals surface area contributed by atoms with E-state index < -0.39 is 0 Å². The standard InChI is InChI=1S/C23H25NO3/c1-4-6-7-14-27-23(26)19-12-13-24-20(19)15-16(3)21(24)22(25)18-10-8-17(5-2)9-11-18/h2,8-11,15,19H,4,6-7,12-14H2,1,3H3. The van der Waals surface area contributed by atoms with E-state index in [1.54, 1.807) is 24.3 Å². The summed E-state index contributed by atoms with van der Waals surface area (Å²) >= 11 is 0. The highest BCUT2D eigenvalue weighted by atomic mass is 16.5. The molecule has 0 saturated carbocycles. The van der Waals surface area contributed by atoms with Gasteiger partial charge in [0, 0.05) is 23.4 Å². The number of terminal acetylenes is 1. The minimum Gasteiger partial charge on any atom is -0.465 e. The Morgan fingerprint density at radius 3 is 2.67 bits per heavy atom. The number of rotatable bonds is 7. The third-order valence-corrected chi connectivity index (χ3v) is 5.12. The lowest BCUT2D eigenvalue weighted by molar-refractivity contribution is -0.145. The highest BCUT2D eigenvalue weighted by Crippen LogP contribution is 2.34. The van der Waals surface area contributed by atoms with E-state index in [0.29, 0.717) is 30.8 Å². The van der Waals surface area contributed by atoms with Gasteiger partial charge in [0.1, 0.15) is 0 Å². The number of unbranched alkanes of at least 4 members (excludes halogenated alkanes) is 2. The van der Waals surface area contributed by atoms with Crippen molar-refractivity contribution in [2.75, 3.05) is 6.61 Å². The maximum atomic E-state index is 13.0. The van der Waals surface area contributed by atoms with Crippen LogP contribution in [0.5, 0.6) is 0 Å². The number of hydrogen-bond acceptors (Lipinski definition) is 3. The van der Waals surface area contributed by atoms with E-state index in [1.165, 1.54) is 0 Å². The summed E-state index contributed by atoms with van der Waals surface area (Å²) in [5.41, 5.74) is 3.77. The van der Waals surface area contributed by atoms with Gasteiger partial charge in [0.15, 0.2) is 0 Å². The normalized spacial score (nSPS) is 15.2. The molecule has 0 fully saturated rings. The second-order valence-corrected chi connectivity index (χ2v) is 7.02. The lowest BCUT2D eigenvalue weighted by Crippen LogP contribution is -2.14. The Balaban J connectivity index is 1.79. The molecule has 0 N–H and O–H groups in total. The van der Waals surface area contributed by atoms with E-state index in [1.807, 2.05) is 17.6 Å². The van der Waals surface area contributed by atoms with Crippen LogP contribution in [0.15, 0.2) is 30.3 Å². The predicted molar refractivity (Wildman–Crippen MR) is 105 cm³/mol. The molecule has 0 saturated heterocycles. The highest BCUT2D eigenvalue weighted by Gasteiger charge is 2.34. The maximum absolute atomic E-state index is 13.0. The molecule has 0 spiro atoms. The first-order valence-corrected chi connectivity index (χ1v) is 9.54. The molecule has 2 aromatic rings. The van der Waals surface area contributed by atoms with E-state index in [2.05, 4.69) is 12.8 Å². The Kier molecular flexibility index (Phi) is 5.81. The molecule has 0 aliphatic carbocycles. The van der Waals surface area contributed by atoms with Crippen LogP contribution in [0.1, 0.15) is 71.4 Å². The van der Waals surface area contributed by atoms with Crippen molar-refractivity contribution < 1.29 is 14.3 Å². The number of fused-ring (bicyclic) bond motifs is 1. The van der Waals surface area contributed by atoms with Crippen molar-refractivity contribution in [2.45, 2.75) is 52.0 Å². The van der Waals surface area contributed by atoms with Crippen LogP contribution in [-0.4, -0.2) is 22.9 Å². The molecule has 0 bridgehead atoms. The van der Waals surface area contributed by atoms with E-state index in [4.69, 9.17) is 11.2 Å². The number of esters is 1. The molecule has 1 aliphatic heterocycles. The maximum Gasteiger partial charge on any atom is 0.315 e. The molecule has 1 aromatic heterocycles. The first-order chi connectivity index (χ1) is 13.1. The van der Waals surface area contributed by atoms with Crippen molar-refractivity contribution in [2.24, 2.45) is 0 Å². The largest absolute Gasteiger partial charge is 0.465 e. The fourth-order valence-electron chi connectivity index (χ4n) is 3.67. The monoisotopic (exact) mass is 363 g/mol. The Bertz CT molecular complexity index is 884. The highest BCUT2D eigenvalue weighted by molar-refractivity contribution is 6.09. The molecule has 2 heterocycles. The zero-order valence-corrected chi connectivity index (χ0v) is 16.0. The number of hydrogen-bond donors (Lipinski definition) is 0. The predicted octanol–water partition coefficient (Wildman–Crippen LogP) is 4.23. The fraction of sp³-hybridized carbons (Fsp3) is 0.391. The number of ketones is 1. The topological polar surface area (TPSA) is 48.3 Å². The summed E-state index contributed by atoms with van der Waals surface area (Å²) in [6, 6.07) is 9.00. The molecule has 4 nitrogen and oxygen atoms in total. The van der Waals surface area contributed by atoms with Crippen molar-refractivity contribution in [3.63, 3.8) is 0 Å². The second-order valence-electron chi connectivity index (χ2n) is 7.02. The van der Waals surface area contributed by atoms with Gasteiger partial charge in [-0.3, -0.25) is 9.59 Å². The molecular weight excluding hydrogens is 338 g/mol. The number of aryl methyl sites for hydroxylation is 1. The number of carbonyl (C=O) groups excluding carboxylic acids is 2. The van der Waals surface area contributed by atoms with Crippen LogP contribution >= 0.6 is 0 Å². The van der Waals surface area contributed by atoms with Crippen molar-refractivity contribution in [1.82, 2.24) is 4.57 Å².